The highest BCUT2D eigenvalue weighted by Crippen LogP contribution is 2.31. The van der Waals surface area contributed by atoms with Crippen LogP contribution in [0.4, 0.5) is 0 Å². The molecule has 0 fully saturated rings. The van der Waals surface area contributed by atoms with E-state index in [2.05, 4.69) is 51.6 Å². The van der Waals surface area contributed by atoms with Crippen LogP contribution in [0.15, 0.2) is 36.4 Å². The Kier molecular flexibility index (Phi) is 6.08. The number of allylic oxidation sites excluding steroid dienone is 2. The van der Waals surface area contributed by atoms with Crippen LogP contribution in [-0.2, 0) is 6.42 Å². The normalized spacial score (nSPS) is 24.1. The van der Waals surface area contributed by atoms with Crippen molar-refractivity contribution in [1.29, 1.82) is 0 Å². The van der Waals surface area contributed by atoms with Gasteiger partial charge in [-0.25, -0.2) is 0 Å². The maximum atomic E-state index is 3.77. The first-order chi connectivity index (χ1) is 12.9. The zero-order valence-electron chi connectivity index (χ0n) is 16.0. The second kappa shape index (κ2) is 8.88. The van der Waals surface area contributed by atoms with Crippen molar-refractivity contribution in [3.63, 3.8) is 0 Å². The number of benzene rings is 1. The van der Waals surface area contributed by atoms with Crippen LogP contribution >= 0.6 is 0 Å². The number of para-hydroxylation sites is 1. The van der Waals surface area contributed by atoms with Crippen LogP contribution in [0.1, 0.15) is 62.2 Å². The summed E-state index contributed by atoms with van der Waals surface area (Å²) >= 11 is 0. The van der Waals surface area contributed by atoms with Gasteiger partial charge in [0.05, 0.1) is 0 Å². The van der Waals surface area contributed by atoms with Crippen molar-refractivity contribution in [3.8, 4) is 0 Å². The first-order valence-electron chi connectivity index (χ1n) is 10.6. The van der Waals surface area contributed by atoms with E-state index < -0.39 is 0 Å². The molecule has 0 saturated heterocycles. The second-order valence-electron chi connectivity index (χ2n) is 7.91. The summed E-state index contributed by atoms with van der Waals surface area (Å²) in [5.41, 5.74) is 4.29. The maximum Gasteiger partial charge on any atom is 0.0488 e. The number of H-pyrrole nitrogens is 1. The van der Waals surface area contributed by atoms with Gasteiger partial charge < -0.3 is 15.2 Å². The molecule has 1 aromatic heterocycles. The van der Waals surface area contributed by atoms with Gasteiger partial charge in [-0.05, 0) is 89.2 Å². The lowest BCUT2D eigenvalue weighted by Crippen LogP contribution is -2.34. The highest BCUT2D eigenvalue weighted by molar-refractivity contribution is 5.85. The highest BCUT2D eigenvalue weighted by atomic mass is 15.1. The fourth-order valence-corrected chi connectivity index (χ4v) is 4.59. The molecule has 4 rings (SSSR count). The minimum absolute atomic E-state index is 0.478. The molecule has 2 aliphatic heterocycles. The number of aromatic amines is 1. The SMILES string of the molecule is C1=C\CCCCN(CC[C@H]2NCCc3c2[nH]c2ccccc32)CCCC/1. The Bertz CT molecular complexity index is 716. The van der Waals surface area contributed by atoms with Crippen LogP contribution in [0.5, 0.6) is 0 Å². The molecule has 3 heteroatoms. The Morgan fingerprint density at radius 1 is 0.962 bits per heavy atom. The largest absolute Gasteiger partial charge is 0.357 e. The molecule has 2 aliphatic rings. The monoisotopic (exact) mass is 351 g/mol. The Labute approximate surface area is 157 Å². The Morgan fingerprint density at radius 2 is 1.73 bits per heavy atom. The van der Waals surface area contributed by atoms with E-state index >= 15 is 0 Å². The van der Waals surface area contributed by atoms with Crippen LogP contribution in [0.2, 0.25) is 0 Å². The summed E-state index contributed by atoms with van der Waals surface area (Å²) in [5, 5.41) is 5.20. The lowest BCUT2D eigenvalue weighted by molar-refractivity contribution is 0.245. The molecule has 3 nitrogen and oxygen atoms in total. The van der Waals surface area contributed by atoms with Gasteiger partial charge in [-0.2, -0.15) is 0 Å². The van der Waals surface area contributed by atoms with Crippen LogP contribution in [0, 0.1) is 0 Å². The molecule has 0 bridgehead atoms. The van der Waals surface area contributed by atoms with Crippen molar-refractivity contribution in [2.24, 2.45) is 0 Å². The number of hydrogen-bond donors (Lipinski definition) is 2. The molecule has 1 atom stereocenters. The quantitative estimate of drug-likeness (QED) is 0.766. The Balaban J connectivity index is 1.40. The standard InChI is InChI=1S/C23H33N3/c1-2-4-6-10-17-26(16-9-5-3-1)18-14-22-23-20(13-15-24-22)19-11-7-8-12-21(19)25-23/h1-2,7-8,11-12,22,24-25H,3-6,9-10,13-18H2/b2-1-/t22-/m1/s1. The van der Waals surface area contributed by atoms with Crippen molar-refractivity contribution in [3.05, 3.63) is 47.7 Å². The van der Waals surface area contributed by atoms with Gasteiger partial charge in [0.1, 0.15) is 0 Å². The number of rotatable bonds is 3. The molecule has 140 valence electrons. The molecule has 26 heavy (non-hydrogen) atoms. The van der Waals surface area contributed by atoms with Gasteiger partial charge in [0.25, 0.3) is 0 Å². The van der Waals surface area contributed by atoms with Crippen molar-refractivity contribution in [1.82, 2.24) is 15.2 Å². The predicted octanol–water partition coefficient (Wildman–Crippen LogP) is 4.96. The first-order valence-corrected chi connectivity index (χ1v) is 10.6. The molecule has 0 amide bonds. The fourth-order valence-electron chi connectivity index (χ4n) is 4.59. The predicted molar refractivity (Wildman–Crippen MR) is 111 cm³/mol. The fraction of sp³-hybridized carbons (Fsp3) is 0.565. The van der Waals surface area contributed by atoms with E-state index in [1.54, 1.807) is 5.56 Å². The van der Waals surface area contributed by atoms with E-state index in [0.29, 0.717) is 6.04 Å². The topological polar surface area (TPSA) is 31.1 Å². The zero-order valence-corrected chi connectivity index (χ0v) is 16.0. The molecule has 3 heterocycles. The molecular weight excluding hydrogens is 318 g/mol. The van der Waals surface area contributed by atoms with E-state index in [9.17, 15) is 0 Å². The van der Waals surface area contributed by atoms with Gasteiger partial charge in [-0.15, -0.1) is 0 Å². The first kappa shape index (κ1) is 17.8. The summed E-state index contributed by atoms with van der Waals surface area (Å²) in [5.74, 6) is 0. The lowest BCUT2D eigenvalue weighted by atomic mass is 9.97. The van der Waals surface area contributed by atoms with Crippen molar-refractivity contribution < 1.29 is 0 Å². The minimum atomic E-state index is 0.478. The summed E-state index contributed by atoms with van der Waals surface area (Å²) in [4.78, 5) is 6.43. The van der Waals surface area contributed by atoms with Crippen molar-refractivity contribution >= 4 is 10.9 Å². The third-order valence-electron chi connectivity index (χ3n) is 6.05. The van der Waals surface area contributed by atoms with Crippen LogP contribution in [0.3, 0.4) is 0 Å². The van der Waals surface area contributed by atoms with Crippen molar-refractivity contribution in [2.45, 2.75) is 57.4 Å². The van der Waals surface area contributed by atoms with E-state index in [0.717, 1.165) is 13.0 Å². The van der Waals surface area contributed by atoms with E-state index in [4.69, 9.17) is 0 Å². The highest BCUT2D eigenvalue weighted by Gasteiger charge is 2.24. The Morgan fingerprint density at radius 3 is 2.54 bits per heavy atom. The van der Waals surface area contributed by atoms with Gasteiger partial charge in [0.15, 0.2) is 0 Å². The minimum Gasteiger partial charge on any atom is -0.357 e. The molecule has 0 aliphatic carbocycles. The van der Waals surface area contributed by atoms with E-state index in [1.165, 1.54) is 81.2 Å². The molecule has 1 aromatic carbocycles. The zero-order chi connectivity index (χ0) is 17.6. The van der Waals surface area contributed by atoms with Gasteiger partial charge in [0.2, 0.25) is 0 Å². The third kappa shape index (κ3) is 4.21. The van der Waals surface area contributed by atoms with Gasteiger partial charge in [0, 0.05) is 22.6 Å². The average Bonchev–Trinajstić information content (AvgIpc) is 3.03. The summed E-state index contributed by atoms with van der Waals surface area (Å²) in [6.45, 7) is 4.84. The molecule has 2 N–H and O–H groups in total. The molecule has 0 spiro atoms. The molecular formula is C23H33N3. The van der Waals surface area contributed by atoms with Crippen LogP contribution < -0.4 is 5.32 Å². The number of hydrogen-bond acceptors (Lipinski definition) is 2. The van der Waals surface area contributed by atoms with Crippen LogP contribution in [0.25, 0.3) is 10.9 Å². The summed E-state index contributed by atoms with van der Waals surface area (Å²) in [6.07, 6.45) is 15.0. The van der Waals surface area contributed by atoms with Crippen LogP contribution in [-0.4, -0.2) is 36.1 Å². The number of fused-ring (bicyclic) bond motifs is 3. The Hall–Kier alpha value is -1.58. The molecule has 0 saturated carbocycles. The third-order valence-corrected chi connectivity index (χ3v) is 6.05. The molecule has 0 radical (unpaired) electrons. The second-order valence-corrected chi connectivity index (χ2v) is 7.91. The lowest BCUT2D eigenvalue weighted by Gasteiger charge is -2.28. The molecule has 0 unspecified atom stereocenters. The number of aromatic nitrogens is 1. The number of nitrogens with one attached hydrogen (secondary N) is 2. The summed E-state index contributed by atoms with van der Waals surface area (Å²) < 4.78 is 0. The van der Waals surface area contributed by atoms with Gasteiger partial charge in [-0.1, -0.05) is 30.4 Å². The van der Waals surface area contributed by atoms with E-state index in [1.807, 2.05) is 0 Å². The van der Waals surface area contributed by atoms with Crippen molar-refractivity contribution in [2.75, 3.05) is 26.2 Å². The maximum absolute atomic E-state index is 3.77. The molecule has 2 aromatic rings. The van der Waals surface area contributed by atoms with Gasteiger partial charge >= 0.3 is 0 Å². The number of nitrogens with zero attached hydrogens (tertiary/aromatic N) is 1. The average molecular weight is 352 g/mol. The summed E-state index contributed by atoms with van der Waals surface area (Å²) in [7, 11) is 0. The summed E-state index contributed by atoms with van der Waals surface area (Å²) in [6, 6.07) is 9.26. The van der Waals surface area contributed by atoms with Gasteiger partial charge in [-0.3, -0.25) is 0 Å². The van der Waals surface area contributed by atoms with E-state index in [-0.39, 0.29) is 0 Å². The smallest absolute Gasteiger partial charge is 0.0488 e.